The Labute approximate surface area is 190 Å². The molecule has 0 fully saturated rings. The average molecular weight is 498 g/mol. The number of ether oxygens (including phenoxy) is 1. The largest absolute Gasteiger partial charge is 0.465 e. The van der Waals surface area contributed by atoms with Crippen molar-refractivity contribution in [3.8, 4) is 0 Å². The number of fused-ring (bicyclic) bond motifs is 1. The monoisotopic (exact) mass is 497 g/mol. The lowest BCUT2D eigenvalue weighted by Crippen LogP contribution is -2.23. The van der Waals surface area contributed by atoms with Gasteiger partial charge >= 0.3 is 5.97 Å². The van der Waals surface area contributed by atoms with E-state index in [9.17, 15) is 28.1 Å². The summed E-state index contributed by atoms with van der Waals surface area (Å²) < 4.78 is 30.6. The second-order valence-electron chi connectivity index (χ2n) is 6.51. The summed E-state index contributed by atoms with van der Waals surface area (Å²) in [5.74, 6) is -1.53. The zero-order valence-corrected chi connectivity index (χ0v) is 19.2. The molecule has 3 rings (SSSR count). The fourth-order valence-corrected chi connectivity index (χ4v) is 4.80. The molecule has 1 aromatic heterocycles. The summed E-state index contributed by atoms with van der Waals surface area (Å²) in [6.45, 7) is 1.48. The second-order valence-corrected chi connectivity index (χ2v) is 9.97. The summed E-state index contributed by atoms with van der Waals surface area (Å²) in [6, 6.07) is 7.79. The number of thiazole rings is 1. The molecule has 0 radical (unpaired) electrons. The molecule has 10 nitrogen and oxygen atoms in total. The average Bonchev–Trinajstić information content (AvgIpc) is 3.03. The van der Waals surface area contributed by atoms with E-state index < -0.39 is 32.3 Å². The smallest absolute Gasteiger partial charge is 0.326 e. The predicted octanol–water partition coefficient (Wildman–Crippen LogP) is 2.97. The normalized spacial score (nSPS) is 12.2. The molecule has 2 aromatic carbocycles. The summed E-state index contributed by atoms with van der Waals surface area (Å²) in [5.41, 5.74) is -0.345. The Balaban J connectivity index is 2.23. The summed E-state index contributed by atoms with van der Waals surface area (Å²) in [5, 5.41) is 11.4. The maximum atomic E-state index is 12.8. The number of carbonyl (C=O) groups is 2. The van der Waals surface area contributed by atoms with Gasteiger partial charge in [0, 0.05) is 17.3 Å². The van der Waals surface area contributed by atoms with Crippen LogP contribution in [0.15, 0.2) is 46.3 Å². The molecule has 1 heterocycles. The van der Waals surface area contributed by atoms with Crippen molar-refractivity contribution in [2.75, 3.05) is 12.9 Å². The van der Waals surface area contributed by atoms with Gasteiger partial charge in [-0.3, -0.25) is 19.7 Å². The minimum absolute atomic E-state index is 0.0398. The van der Waals surface area contributed by atoms with Crippen LogP contribution in [0.4, 0.5) is 5.69 Å². The number of nitro groups is 1. The number of halogens is 1. The molecule has 13 heteroatoms. The highest BCUT2D eigenvalue weighted by molar-refractivity contribution is 7.90. The molecule has 1 amide bonds. The lowest BCUT2D eigenvalue weighted by atomic mass is 10.2. The first-order chi connectivity index (χ1) is 15.0. The van der Waals surface area contributed by atoms with Crippen LogP contribution in [0.5, 0.6) is 0 Å². The van der Waals surface area contributed by atoms with E-state index >= 15 is 0 Å². The lowest BCUT2D eigenvalue weighted by Gasteiger charge is -2.06. The number of carbonyl (C=O) groups excluding carboxylic acids is 2. The zero-order chi connectivity index (χ0) is 23.6. The third-order valence-corrected chi connectivity index (χ3v) is 6.64. The summed E-state index contributed by atoms with van der Waals surface area (Å²) >= 11 is 6.85. The van der Waals surface area contributed by atoms with Gasteiger partial charge in [-0.1, -0.05) is 22.9 Å². The minimum Gasteiger partial charge on any atom is -0.465 e. The topological polar surface area (TPSA) is 138 Å². The number of benzene rings is 2. The molecular weight excluding hydrogens is 482 g/mol. The van der Waals surface area contributed by atoms with Crippen LogP contribution in [0.2, 0.25) is 5.02 Å². The Morgan fingerprint density at radius 2 is 1.97 bits per heavy atom. The van der Waals surface area contributed by atoms with Crippen LogP contribution >= 0.6 is 22.9 Å². The molecule has 0 unspecified atom stereocenters. The van der Waals surface area contributed by atoms with Crippen molar-refractivity contribution >= 4 is 60.6 Å². The zero-order valence-electron chi connectivity index (χ0n) is 16.8. The first kappa shape index (κ1) is 23.6. The Kier molecular flexibility index (Phi) is 6.77. The molecule has 0 bridgehead atoms. The molecule has 0 saturated carbocycles. The van der Waals surface area contributed by atoms with E-state index in [-0.39, 0.29) is 33.4 Å². The quantitative estimate of drug-likeness (QED) is 0.290. The standard InChI is InChI=1S/C19H16ClN3O7S2/c1-3-30-17(24)10-22-15-7-5-12(32(2,28)29)9-16(15)31-19(22)21-18(25)13-8-11(20)4-6-14(13)23(26)27/h4-9H,3,10H2,1-2H3. The molecule has 0 aliphatic heterocycles. The van der Waals surface area contributed by atoms with Gasteiger partial charge in [0.1, 0.15) is 12.1 Å². The van der Waals surface area contributed by atoms with Crippen LogP contribution < -0.4 is 4.80 Å². The molecule has 32 heavy (non-hydrogen) atoms. The Morgan fingerprint density at radius 1 is 1.25 bits per heavy atom. The lowest BCUT2D eigenvalue weighted by molar-refractivity contribution is -0.385. The van der Waals surface area contributed by atoms with Crippen LogP contribution in [-0.2, 0) is 25.9 Å². The van der Waals surface area contributed by atoms with Gasteiger partial charge in [-0.2, -0.15) is 4.99 Å². The summed E-state index contributed by atoms with van der Waals surface area (Å²) in [4.78, 5) is 39.6. The fraction of sp³-hybridized carbons (Fsp3) is 0.211. The second kappa shape index (κ2) is 9.18. The first-order valence-electron chi connectivity index (χ1n) is 9.03. The van der Waals surface area contributed by atoms with Crippen molar-refractivity contribution in [3.05, 3.63) is 61.9 Å². The van der Waals surface area contributed by atoms with Crippen LogP contribution in [0, 0.1) is 10.1 Å². The van der Waals surface area contributed by atoms with E-state index in [4.69, 9.17) is 16.3 Å². The Morgan fingerprint density at radius 3 is 2.59 bits per heavy atom. The van der Waals surface area contributed by atoms with Gasteiger partial charge in [-0.25, -0.2) is 8.42 Å². The number of esters is 1. The van der Waals surface area contributed by atoms with Crippen LogP contribution in [0.25, 0.3) is 10.2 Å². The maximum Gasteiger partial charge on any atom is 0.326 e. The molecule has 0 aliphatic rings. The van der Waals surface area contributed by atoms with Gasteiger partial charge in [0.2, 0.25) is 0 Å². The number of aromatic nitrogens is 1. The predicted molar refractivity (Wildman–Crippen MR) is 118 cm³/mol. The van der Waals surface area contributed by atoms with Crippen molar-refractivity contribution in [1.82, 2.24) is 4.57 Å². The van der Waals surface area contributed by atoms with E-state index in [1.807, 2.05) is 0 Å². The highest BCUT2D eigenvalue weighted by Gasteiger charge is 2.21. The molecule has 0 spiro atoms. The summed E-state index contributed by atoms with van der Waals surface area (Å²) in [7, 11) is -3.50. The van der Waals surface area contributed by atoms with Crippen molar-refractivity contribution in [2.45, 2.75) is 18.4 Å². The van der Waals surface area contributed by atoms with Gasteiger partial charge in [-0.15, -0.1) is 0 Å². The number of amides is 1. The van der Waals surface area contributed by atoms with Crippen molar-refractivity contribution in [2.24, 2.45) is 4.99 Å². The Hall–Kier alpha value is -3.09. The fourth-order valence-electron chi connectivity index (χ4n) is 2.84. The number of nitrogens with zero attached hydrogens (tertiary/aromatic N) is 3. The first-order valence-corrected chi connectivity index (χ1v) is 12.1. The van der Waals surface area contributed by atoms with Gasteiger partial charge in [0.25, 0.3) is 11.6 Å². The number of nitro benzene ring substituents is 1. The molecule has 0 aliphatic carbocycles. The molecular formula is C19H16ClN3O7S2. The van der Waals surface area contributed by atoms with E-state index in [0.29, 0.717) is 10.2 Å². The maximum absolute atomic E-state index is 12.8. The third kappa shape index (κ3) is 5.03. The number of rotatable bonds is 6. The molecule has 168 valence electrons. The van der Waals surface area contributed by atoms with Crippen molar-refractivity contribution in [3.63, 3.8) is 0 Å². The van der Waals surface area contributed by atoms with Crippen molar-refractivity contribution in [1.29, 1.82) is 0 Å². The molecule has 0 atom stereocenters. The summed E-state index contributed by atoms with van der Waals surface area (Å²) in [6.07, 6.45) is 1.06. The van der Waals surface area contributed by atoms with Gasteiger partial charge in [-0.05, 0) is 37.3 Å². The van der Waals surface area contributed by atoms with E-state index in [2.05, 4.69) is 4.99 Å². The van der Waals surface area contributed by atoms with Crippen LogP contribution in [0.3, 0.4) is 0 Å². The highest BCUT2D eigenvalue weighted by atomic mass is 35.5. The van der Waals surface area contributed by atoms with Crippen LogP contribution in [0.1, 0.15) is 17.3 Å². The number of hydrogen-bond acceptors (Lipinski definition) is 8. The molecule has 3 aromatic rings. The minimum atomic E-state index is -3.50. The van der Waals surface area contributed by atoms with Crippen molar-refractivity contribution < 1.29 is 27.7 Å². The van der Waals surface area contributed by atoms with E-state index in [1.54, 1.807) is 6.92 Å². The van der Waals surface area contributed by atoms with Gasteiger partial charge < -0.3 is 9.30 Å². The number of hydrogen-bond donors (Lipinski definition) is 0. The van der Waals surface area contributed by atoms with E-state index in [0.717, 1.165) is 29.7 Å². The molecule has 0 N–H and O–H groups in total. The van der Waals surface area contributed by atoms with E-state index in [1.165, 1.54) is 28.8 Å². The van der Waals surface area contributed by atoms with Crippen LogP contribution in [-0.4, -0.2) is 42.6 Å². The Bertz CT molecular complexity index is 1420. The molecule has 0 saturated heterocycles. The number of sulfone groups is 1. The highest BCUT2D eigenvalue weighted by Crippen LogP contribution is 2.25. The van der Waals surface area contributed by atoms with Gasteiger partial charge in [0.05, 0.1) is 26.6 Å². The third-order valence-electron chi connectivity index (χ3n) is 4.26. The van der Waals surface area contributed by atoms with Gasteiger partial charge in [0.15, 0.2) is 14.6 Å². The SMILES string of the molecule is CCOC(=O)Cn1c(=NC(=O)c2cc(Cl)ccc2[N+](=O)[O-])sc2cc(S(C)(=O)=O)ccc21.